The molecule has 0 bridgehead atoms. The molecule has 6 atom stereocenters. The first-order chi connectivity index (χ1) is 13.2. The second-order valence-corrected chi connectivity index (χ2v) is 10.2. The summed E-state index contributed by atoms with van der Waals surface area (Å²) in [5.41, 5.74) is 5.46. The summed E-state index contributed by atoms with van der Waals surface area (Å²) in [5, 5.41) is 13.0. The van der Waals surface area contributed by atoms with E-state index in [1.165, 1.54) is 36.5 Å². The van der Waals surface area contributed by atoms with E-state index in [1.807, 2.05) is 6.92 Å². The van der Waals surface area contributed by atoms with Crippen LogP contribution in [0.4, 0.5) is 0 Å². The summed E-state index contributed by atoms with van der Waals surface area (Å²) in [6, 6.07) is 0. The Balaban J connectivity index is 1.62. The van der Waals surface area contributed by atoms with Gasteiger partial charge >= 0.3 is 5.97 Å². The number of hydrogen-bond acceptors (Lipinski definition) is 4. The zero-order valence-electron chi connectivity index (χ0n) is 18.0. The first-order valence-corrected chi connectivity index (χ1v) is 11.0. The molecule has 0 aliphatic heterocycles. The highest BCUT2D eigenvalue weighted by Gasteiger charge is 2.58. The Morgan fingerprint density at radius 2 is 1.86 bits per heavy atom. The van der Waals surface area contributed by atoms with Crippen molar-refractivity contribution in [1.29, 1.82) is 0 Å². The molecule has 4 rings (SSSR count). The first kappa shape index (κ1) is 19.7. The summed E-state index contributed by atoms with van der Waals surface area (Å²) in [5.74, 6) is 1.88. The van der Waals surface area contributed by atoms with Crippen LogP contribution in [0.3, 0.4) is 0 Å². The lowest BCUT2D eigenvalue weighted by Gasteiger charge is -2.57. The standard InChI is InChI=1S/C24H35NO3/c1-14-12-21-19-7-6-17-13-18(28-16(3)26)8-10-23(17,4)20(19)9-11-24(21,5)22(14)15(2)25-27/h6,18-21,27H,7-13H2,1-5H3/b25-15+/t18?,19-,20+,21+,23+,24+/m1/s1. The third-order valence-corrected chi connectivity index (χ3v) is 8.82. The van der Waals surface area contributed by atoms with Crippen molar-refractivity contribution in [3.8, 4) is 0 Å². The molecule has 4 heteroatoms. The number of hydrogen-bond donors (Lipinski definition) is 1. The molecule has 4 aliphatic carbocycles. The van der Waals surface area contributed by atoms with E-state index in [9.17, 15) is 10.0 Å². The first-order valence-electron chi connectivity index (χ1n) is 11.0. The van der Waals surface area contributed by atoms with Crippen molar-refractivity contribution in [1.82, 2.24) is 0 Å². The van der Waals surface area contributed by atoms with Crippen molar-refractivity contribution in [2.75, 3.05) is 0 Å². The number of esters is 1. The van der Waals surface area contributed by atoms with Crippen LogP contribution in [0, 0.1) is 28.6 Å². The molecule has 0 aromatic heterocycles. The minimum absolute atomic E-state index is 0.0626. The summed E-state index contributed by atoms with van der Waals surface area (Å²) in [6.45, 7) is 10.6. The smallest absolute Gasteiger partial charge is 0.302 e. The topological polar surface area (TPSA) is 58.9 Å². The Hall–Kier alpha value is -1.58. The third kappa shape index (κ3) is 2.78. The average Bonchev–Trinajstić information content (AvgIpc) is 2.91. The van der Waals surface area contributed by atoms with E-state index < -0.39 is 0 Å². The van der Waals surface area contributed by atoms with E-state index in [4.69, 9.17) is 4.74 Å². The van der Waals surface area contributed by atoms with E-state index in [0.717, 1.165) is 37.8 Å². The van der Waals surface area contributed by atoms with Crippen LogP contribution in [-0.2, 0) is 9.53 Å². The Morgan fingerprint density at radius 3 is 2.54 bits per heavy atom. The molecule has 1 N–H and O–H groups in total. The van der Waals surface area contributed by atoms with Crippen LogP contribution in [0.25, 0.3) is 0 Å². The van der Waals surface area contributed by atoms with Gasteiger partial charge in [-0.25, -0.2) is 0 Å². The highest BCUT2D eigenvalue weighted by molar-refractivity contribution is 6.00. The lowest BCUT2D eigenvalue weighted by Crippen LogP contribution is -2.50. The van der Waals surface area contributed by atoms with Crippen LogP contribution in [0.1, 0.15) is 79.6 Å². The van der Waals surface area contributed by atoms with Crippen LogP contribution in [0.5, 0.6) is 0 Å². The van der Waals surface area contributed by atoms with Gasteiger partial charge in [-0.2, -0.15) is 0 Å². The fourth-order valence-corrected chi connectivity index (χ4v) is 7.66. The fourth-order valence-electron chi connectivity index (χ4n) is 7.66. The lowest BCUT2D eigenvalue weighted by molar-refractivity contribution is -0.148. The predicted octanol–water partition coefficient (Wildman–Crippen LogP) is 5.66. The monoisotopic (exact) mass is 385 g/mol. The van der Waals surface area contributed by atoms with Crippen molar-refractivity contribution in [2.24, 2.45) is 33.7 Å². The average molecular weight is 386 g/mol. The molecule has 0 aromatic carbocycles. The van der Waals surface area contributed by atoms with Crippen LogP contribution < -0.4 is 0 Å². The summed E-state index contributed by atoms with van der Waals surface area (Å²) in [4.78, 5) is 11.4. The van der Waals surface area contributed by atoms with E-state index in [1.54, 1.807) is 0 Å². The molecular formula is C24H35NO3. The SMILES string of the molecule is CC(=O)OC1CC[C@@]2(C)C(=CC[C@@H]3[C@@H]2CC[C@]2(C)C(/C(C)=N/O)=C(C)C[C@@H]32)C1. The van der Waals surface area contributed by atoms with Crippen molar-refractivity contribution >= 4 is 11.7 Å². The van der Waals surface area contributed by atoms with Gasteiger partial charge in [0, 0.05) is 13.3 Å². The molecule has 1 unspecified atom stereocenters. The lowest BCUT2D eigenvalue weighted by atomic mass is 9.47. The number of oxime groups is 1. The van der Waals surface area contributed by atoms with Crippen molar-refractivity contribution in [2.45, 2.75) is 85.7 Å². The quantitative estimate of drug-likeness (QED) is 0.219. The van der Waals surface area contributed by atoms with Crippen molar-refractivity contribution < 1.29 is 14.7 Å². The predicted molar refractivity (Wildman–Crippen MR) is 110 cm³/mol. The minimum atomic E-state index is -0.155. The maximum atomic E-state index is 11.4. The zero-order chi connectivity index (χ0) is 20.3. The molecule has 4 nitrogen and oxygen atoms in total. The summed E-state index contributed by atoms with van der Waals surface area (Å²) < 4.78 is 5.55. The van der Waals surface area contributed by atoms with Gasteiger partial charge in [-0.05, 0) is 86.5 Å². The van der Waals surface area contributed by atoms with Gasteiger partial charge in [0.05, 0.1) is 5.71 Å². The zero-order valence-corrected chi connectivity index (χ0v) is 18.0. The van der Waals surface area contributed by atoms with Crippen LogP contribution in [-0.4, -0.2) is 23.0 Å². The maximum Gasteiger partial charge on any atom is 0.302 e. The molecule has 0 aromatic rings. The number of rotatable bonds is 2. The molecule has 2 saturated carbocycles. The van der Waals surface area contributed by atoms with Gasteiger partial charge in [0.15, 0.2) is 0 Å². The third-order valence-electron chi connectivity index (χ3n) is 8.82. The molecule has 2 fully saturated rings. The number of carbonyl (C=O) groups excluding carboxylic acids is 1. The van der Waals surface area contributed by atoms with E-state index in [-0.39, 0.29) is 22.9 Å². The van der Waals surface area contributed by atoms with Gasteiger partial charge in [-0.15, -0.1) is 0 Å². The summed E-state index contributed by atoms with van der Waals surface area (Å²) >= 11 is 0. The molecule has 0 radical (unpaired) electrons. The molecule has 0 amide bonds. The van der Waals surface area contributed by atoms with Gasteiger partial charge in [-0.3, -0.25) is 4.79 Å². The van der Waals surface area contributed by atoms with Gasteiger partial charge in [0.2, 0.25) is 0 Å². The summed E-state index contributed by atoms with van der Waals surface area (Å²) in [7, 11) is 0. The van der Waals surface area contributed by atoms with E-state index >= 15 is 0 Å². The molecular weight excluding hydrogens is 350 g/mol. The number of ether oxygens (including phenoxy) is 1. The van der Waals surface area contributed by atoms with Crippen LogP contribution in [0.2, 0.25) is 0 Å². The second-order valence-electron chi connectivity index (χ2n) is 10.2. The fraction of sp³-hybridized carbons (Fsp3) is 0.750. The van der Waals surface area contributed by atoms with Gasteiger partial charge in [0.25, 0.3) is 0 Å². The highest BCUT2D eigenvalue weighted by Crippen LogP contribution is 2.66. The maximum absolute atomic E-state index is 11.4. The Labute approximate surface area is 169 Å². The summed E-state index contributed by atoms with van der Waals surface area (Å²) in [6.07, 6.45) is 10.3. The molecule has 4 aliphatic rings. The van der Waals surface area contributed by atoms with E-state index in [2.05, 4.69) is 32.0 Å². The van der Waals surface area contributed by atoms with Crippen molar-refractivity contribution in [3.05, 3.63) is 22.8 Å². The molecule has 0 spiro atoms. The molecule has 154 valence electrons. The normalized spacial score (nSPS) is 43.0. The molecule has 0 saturated heterocycles. The second kappa shape index (κ2) is 6.74. The van der Waals surface area contributed by atoms with Gasteiger partial charge in [0.1, 0.15) is 6.10 Å². The number of allylic oxidation sites excluding steroid dienone is 3. The minimum Gasteiger partial charge on any atom is -0.462 e. The number of fused-ring (bicyclic) bond motifs is 5. The number of nitrogens with zero attached hydrogens (tertiary/aromatic N) is 1. The molecule has 0 heterocycles. The number of carbonyl (C=O) groups is 1. The van der Waals surface area contributed by atoms with E-state index in [0.29, 0.717) is 17.8 Å². The van der Waals surface area contributed by atoms with Crippen molar-refractivity contribution in [3.63, 3.8) is 0 Å². The highest BCUT2D eigenvalue weighted by atomic mass is 16.5. The molecule has 28 heavy (non-hydrogen) atoms. The van der Waals surface area contributed by atoms with Gasteiger partial charge < -0.3 is 9.94 Å². The Kier molecular flexibility index (Phi) is 4.75. The van der Waals surface area contributed by atoms with Crippen LogP contribution >= 0.6 is 0 Å². The van der Waals surface area contributed by atoms with Gasteiger partial charge in [-0.1, -0.05) is 36.2 Å². The Bertz CT molecular complexity index is 779. The van der Waals surface area contributed by atoms with Crippen LogP contribution in [0.15, 0.2) is 28.0 Å². The Morgan fingerprint density at radius 1 is 1.14 bits per heavy atom. The largest absolute Gasteiger partial charge is 0.462 e.